The maximum atomic E-state index is 14.4. The highest BCUT2D eigenvalue weighted by Crippen LogP contribution is 2.59. The second kappa shape index (κ2) is 7.94. The Morgan fingerprint density at radius 3 is 2.23 bits per heavy atom. The number of carbonyl (C=O) groups excluding carboxylic acids is 2. The number of nitrogen functional groups attached to an aromatic ring is 1. The molecule has 0 bridgehead atoms. The Labute approximate surface area is 225 Å². The number of amides is 1. The molecule has 1 aliphatic carbocycles. The topological polar surface area (TPSA) is 111 Å². The Kier molecular flexibility index (Phi) is 4.78. The molecule has 2 aliphatic heterocycles. The van der Waals surface area contributed by atoms with Crippen molar-refractivity contribution in [3.05, 3.63) is 118 Å². The lowest BCUT2D eigenvalue weighted by Gasteiger charge is -2.36. The number of fused-ring (bicyclic) bond motifs is 7. The zero-order valence-electron chi connectivity index (χ0n) is 21.4. The molecule has 0 saturated heterocycles. The van der Waals surface area contributed by atoms with Crippen LogP contribution in [-0.4, -0.2) is 16.8 Å². The highest BCUT2D eigenvalue weighted by atomic mass is 16.6. The van der Waals surface area contributed by atoms with Crippen LogP contribution in [0.15, 0.2) is 84.9 Å². The second-order valence-corrected chi connectivity index (χ2v) is 10.6. The summed E-state index contributed by atoms with van der Waals surface area (Å²) in [5.41, 5.74) is 7.57. The zero-order chi connectivity index (χ0) is 27.1. The van der Waals surface area contributed by atoms with E-state index in [4.69, 9.17) is 15.2 Å². The number of carbonyl (C=O) groups is 2. The quantitative estimate of drug-likeness (QED) is 0.327. The SMILES string of the molecule is CC(C)c1ccc2c(c1)OC1(O)c3cccc(N)c3C(=O)C21NC(=O)C1c2ccccc2Oc2ccccc21. The predicted molar refractivity (Wildman–Crippen MR) is 145 cm³/mol. The van der Waals surface area contributed by atoms with Gasteiger partial charge in [0.05, 0.1) is 11.5 Å². The van der Waals surface area contributed by atoms with Crippen LogP contribution in [0.2, 0.25) is 0 Å². The molecule has 194 valence electrons. The highest BCUT2D eigenvalue weighted by molar-refractivity contribution is 6.15. The Balaban J connectivity index is 1.43. The van der Waals surface area contributed by atoms with E-state index in [1.807, 2.05) is 62.4 Å². The molecule has 2 atom stereocenters. The normalized spacial score (nSPS) is 22.2. The van der Waals surface area contributed by atoms with E-state index in [9.17, 15) is 14.7 Å². The minimum Gasteiger partial charge on any atom is -0.457 e. The van der Waals surface area contributed by atoms with Crippen molar-refractivity contribution in [3.8, 4) is 17.2 Å². The average Bonchev–Trinajstić information content (AvgIpc) is 3.28. The summed E-state index contributed by atoms with van der Waals surface area (Å²) < 4.78 is 12.3. The smallest absolute Gasteiger partial charge is 0.271 e. The van der Waals surface area contributed by atoms with E-state index < -0.39 is 28.9 Å². The number of rotatable bonds is 3. The van der Waals surface area contributed by atoms with Gasteiger partial charge in [0.2, 0.25) is 17.2 Å². The van der Waals surface area contributed by atoms with E-state index in [1.54, 1.807) is 36.4 Å². The molecule has 39 heavy (non-hydrogen) atoms. The van der Waals surface area contributed by atoms with Gasteiger partial charge in [-0.15, -0.1) is 0 Å². The van der Waals surface area contributed by atoms with E-state index in [1.165, 1.54) is 0 Å². The Bertz CT molecular complexity index is 1670. The predicted octanol–water partition coefficient (Wildman–Crippen LogP) is 5.08. The lowest BCUT2D eigenvalue weighted by atomic mass is 9.80. The Hall–Kier alpha value is -4.62. The molecule has 0 spiro atoms. The molecule has 2 heterocycles. The van der Waals surface area contributed by atoms with Crippen molar-refractivity contribution in [3.63, 3.8) is 0 Å². The molecule has 0 radical (unpaired) electrons. The van der Waals surface area contributed by atoms with Crippen molar-refractivity contribution in [2.45, 2.75) is 37.0 Å². The first-order valence-electron chi connectivity index (χ1n) is 12.9. The Morgan fingerprint density at radius 2 is 1.56 bits per heavy atom. The summed E-state index contributed by atoms with van der Waals surface area (Å²) in [4.78, 5) is 28.8. The maximum Gasteiger partial charge on any atom is 0.271 e. The first-order valence-corrected chi connectivity index (χ1v) is 12.9. The number of para-hydroxylation sites is 2. The van der Waals surface area contributed by atoms with E-state index in [0.717, 1.165) is 5.56 Å². The summed E-state index contributed by atoms with van der Waals surface area (Å²) in [7, 11) is 0. The fraction of sp³-hybridized carbons (Fsp3) is 0.188. The Morgan fingerprint density at radius 1 is 0.897 bits per heavy atom. The molecule has 1 amide bonds. The standard InChI is InChI=1S/C32H26N2O5/c1-17(2)18-14-15-21-26(16-18)39-32(37)22-10-7-11-23(33)28(22)29(35)31(21,32)34-30(36)27-19-8-3-5-12-24(19)38-25-13-6-4-9-20(25)27/h3-17,27,37H,33H2,1-2H3,(H,34,36). The third-order valence-electron chi connectivity index (χ3n) is 8.12. The van der Waals surface area contributed by atoms with Crippen molar-refractivity contribution in [1.29, 1.82) is 0 Å². The molecule has 4 aromatic rings. The molecule has 7 nitrogen and oxygen atoms in total. The van der Waals surface area contributed by atoms with Gasteiger partial charge in [-0.1, -0.05) is 74.5 Å². The number of Topliss-reactive ketones (excluding diaryl/α,β-unsaturated/α-hetero) is 1. The van der Waals surface area contributed by atoms with Gasteiger partial charge in [-0.25, -0.2) is 0 Å². The van der Waals surface area contributed by atoms with Crippen molar-refractivity contribution in [2.75, 3.05) is 5.73 Å². The fourth-order valence-electron chi connectivity index (χ4n) is 6.20. The minimum atomic E-state index is -2.19. The van der Waals surface area contributed by atoms with Crippen molar-refractivity contribution < 1.29 is 24.2 Å². The third-order valence-corrected chi connectivity index (χ3v) is 8.12. The monoisotopic (exact) mass is 518 g/mol. The van der Waals surface area contributed by atoms with Gasteiger partial charge >= 0.3 is 0 Å². The molecule has 2 unspecified atom stereocenters. The molecule has 4 N–H and O–H groups in total. The average molecular weight is 519 g/mol. The van der Waals surface area contributed by atoms with E-state index in [0.29, 0.717) is 33.9 Å². The molecule has 4 aromatic carbocycles. The second-order valence-electron chi connectivity index (χ2n) is 10.6. The lowest BCUT2D eigenvalue weighted by Crippen LogP contribution is -2.61. The van der Waals surface area contributed by atoms with Crippen LogP contribution in [-0.2, 0) is 16.1 Å². The van der Waals surface area contributed by atoms with E-state index in [2.05, 4.69) is 5.32 Å². The number of benzene rings is 4. The van der Waals surface area contributed by atoms with Crippen LogP contribution in [0.25, 0.3) is 0 Å². The summed E-state index contributed by atoms with van der Waals surface area (Å²) in [6, 6.07) is 25.0. The molecule has 7 heteroatoms. The van der Waals surface area contributed by atoms with Crippen LogP contribution in [0.4, 0.5) is 5.69 Å². The number of nitrogens with one attached hydrogen (secondary N) is 1. The van der Waals surface area contributed by atoms with Crippen LogP contribution in [0, 0.1) is 0 Å². The van der Waals surface area contributed by atoms with Gasteiger partial charge in [-0.3, -0.25) is 9.59 Å². The van der Waals surface area contributed by atoms with Crippen LogP contribution in [0.1, 0.15) is 63.9 Å². The number of ketones is 1. The number of nitrogens with two attached hydrogens (primary N) is 1. The molecule has 3 aliphatic rings. The highest BCUT2D eigenvalue weighted by Gasteiger charge is 2.72. The molecule has 0 aromatic heterocycles. The number of hydrogen-bond acceptors (Lipinski definition) is 6. The van der Waals surface area contributed by atoms with E-state index in [-0.39, 0.29) is 22.7 Å². The number of anilines is 1. The third kappa shape index (κ3) is 2.96. The summed E-state index contributed by atoms with van der Waals surface area (Å²) in [5.74, 6) is -2.33. The molecule has 0 saturated carbocycles. The van der Waals surface area contributed by atoms with Gasteiger partial charge in [0, 0.05) is 27.9 Å². The van der Waals surface area contributed by atoms with Gasteiger partial charge in [-0.2, -0.15) is 0 Å². The molecule has 0 fully saturated rings. The number of ether oxygens (including phenoxy) is 2. The van der Waals surface area contributed by atoms with Crippen LogP contribution in [0.3, 0.4) is 0 Å². The van der Waals surface area contributed by atoms with Gasteiger partial charge in [0.1, 0.15) is 17.2 Å². The minimum absolute atomic E-state index is 0.145. The molecular weight excluding hydrogens is 492 g/mol. The molecule has 7 rings (SSSR count). The van der Waals surface area contributed by atoms with Crippen molar-refractivity contribution in [1.82, 2.24) is 5.32 Å². The van der Waals surface area contributed by atoms with Gasteiger partial charge < -0.3 is 25.6 Å². The van der Waals surface area contributed by atoms with Crippen LogP contribution in [0.5, 0.6) is 17.2 Å². The summed E-state index contributed by atoms with van der Waals surface area (Å²) in [6.07, 6.45) is 0. The summed E-state index contributed by atoms with van der Waals surface area (Å²) >= 11 is 0. The first-order chi connectivity index (χ1) is 18.8. The van der Waals surface area contributed by atoms with E-state index >= 15 is 0 Å². The van der Waals surface area contributed by atoms with Crippen molar-refractivity contribution >= 4 is 17.4 Å². The maximum absolute atomic E-state index is 14.4. The van der Waals surface area contributed by atoms with Gasteiger partial charge in [0.25, 0.3) is 5.79 Å². The molecular formula is C32H26N2O5. The van der Waals surface area contributed by atoms with Crippen LogP contribution >= 0.6 is 0 Å². The van der Waals surface area contributed by atoms with Crippen LogP contribution < -0.4 is 20.5 Å². The number of hydrogen-bond donors (Lipinski definition) is 3. The largest absolute Gasteiger partial charge is 0.457 e. The fourth-order valence-corrected chi connectivity index (χ4v) is 6.20. The number of aliphatic hydroxyl groups is 1. The van der Waals surface area contributed by atoms with Gasteiger partial charge in [-0.05, 0) is 35.7 Å². The first kappa shape index (κ1) is 23.5. The lowest BCUT2D eigenvalue weighted by molar-refractivity contribution is -0.175. The zero-order valence-corrected chi connectivity index (χ0v) is 21.4. The van der Waals surface area contributed by atoms with Crippen molar-refractivity contribution in [2.24, 2.45) is 0 Å². The van der Waals surface area contributed by atoms with Gasteiger partial charge in [0.15, 0.2) is 0 Å². The summed E-state index contributed by atoms with van der Waals surface area (Å²) in [5, 5.41) is 15.3. The summed E-state index contributed by atoms with van der Waals surface area (Å²) in [6.45, 7) is 4.09.